The Balaban J connectivity index is 1.55. The molecular weight excluding hydrogens is 406 g/mol. The molecule has 0 saturated heterocycles. The zero-order chi connectivity index (χ0) is 20.6. The Morgan fingerprint density at radius 3 is 2.59 bits per heavy atom. The Labute approximate surface area is 180 Å². The molecule has 1 aromatic heterocycles. The topological polar surface area (TPSA) is 64.6 Å². The van der Waals surface area contributed by atoms with E-state index in [1.165, 1.54) is 29.7 Å². The van der Waals surface area contributed by atoms with E-state index in [4.69, 9.17) is 9.47 Å². The number of carbonyl (C=O) groups is 2. The van der Waals surface area contributed by atoms with Crippen LogP contribution in [0.4, 0.5) is 5.00 Å². The summed E-state index contributed by atoms with van der Waals surface area (Å²) in [5.74, 6) is 1.28. The number of aryl methyl sites for hydroxylation is 1. The summed E-state index contributed by atoms with van der Waals surface area (Å²) in [6.45, 7) is 0. The van der Waals surface area contributed by atoms with Crippen LogP contribution in [0.2, 0.25) is 0 Å². The van der Waals surface area contributed by atoms with E-state index in [0.717, 1.165) is 54.1 Å². The number of ether oxygens (including phenoxy) is 2. The van der Waals surface area contributed by atoms with Crippen molar-refractivity contribution in [1.82, 2.24) is 0 Å². The number of amides is 1. The van der Waals surface area contributed by atoms with Gasteiger partial charge in [0.2, 0.25) is 5.91 Å². The first-order valence-corrected chi connectivity index (χ1v) is 11.7. The van der Waals surface area contributed by atoms with Crippen LogP contribution in [0.15, 0.2) is 29.2 Å². The van der Waals surface area contributed by atoms with Gasteiger partial charge in [0.25, 0.3) is 0 Å². The molecule has 1 aliphatic rings. The lowest BCUT2D eigenvalue weighted by Crippen LogP contribution is -2.14. The third kappa shape index (κ3) is 5.76. The number of rotatable bonds is 8. The van der Waals surface area contributed by atoms with E-state index in [2.05, 4.69) is 5.32 Å². The Kier molecular flexibility index (Phi) is 8.00. The summed E-state index contributed by atoms with van der Waals surface area (Å²) < 4.78 is 10.2. The van der Waals surface area contributed by atoms with Crippen LogP contribution in [-0.4, -0.2) is 31.8 Å². The average molecular weight is 434 g/mol. The zero-order valence-electron chi connectivity index (χ0n) is 16.9. The van der Waals surface area contributed by atoms with E-state index in [-0.39, 0.29) is 11.9 Å². The average Bonchev–Trinajstić information content (AvgIpc) is 2.91. The van der Waals surface area contributed by atoms with Crippen molar-refractivity contribution in [3.05, 3.63) is 40.3 Å². The standard InChI is InChI=1S/C22H27NO4S2/c1-26-15-10-12-16(13-11-15)28-14-6-9-19(24)23-21-20(22(25)27-2)17-7-4-3-5-8-18(17)29-21/h10-13H,3-9,14H2,1-2H3,(H,23,24). The molecule has 7 heteroatoms. The minimum atomic E-state index is -0.352. The molecule has 0 unspecified atom stereocenters. The fourth-order valence-corrected chi connectivity index (χ4v) is 5.58. The van der Waals surface area contributed by atoms with E-state index in [1.807, 2.05) is 24.3 Å². The second kappa shape index (κ2) is 10.7. The van der Waals surface area contributed by atoms with E-state index in [0.29, 0.717) is 17.0 Å². The summed E-state index contributed by atoms with van der Waals surface area (Å²) in [7, 11) is 3.04. The molecular formula is C22H27NO4S2. The Bertz CT molecular complexity index is 845. The lowest BCUT2D eigenvalue weighted by molar-refractivity contribution is -0.116. The highest BCUT2D eigenvalue weighted by atomic mass is 32.2. The fourth-order valence-electron chi connectivity index (χ4n) is 3.43. The van der Waals surface area contributed by atoms with E-state index in [1.54, 1.807) is 18.9 Å². The molecule has 2 aromatic rings. The first kappa shape index (κ1) is 21.7. The van der Waals surface area contributed by atoms with Crippen LogP contribution in [0.5, 0.6) is 5.75 Å². The summed E-state index contributed by atoms with van der Waals surface area (Å²) in [6, 6.07) is 7.91. The van der Waals surface area contributed by atoms with Gasteiger partial charge in [-0.2, -0.15) is 0 Å². The maximum atomic E-state index is 12.5. The smallest absolute Gasteiger partial charge is 0.341 e. The van der Waals surface area contributed by atoms with Crippen molar-refractivity contribution < 1.29 is 19.1 Å². The molecule has 1 amide bonds. The van der Waals surface area contributed by atoms with Crippen LogP contribution in [0, 0.1) is 0 Å². The minimum Gasteiger partial charge on any atom is -0.497 e. The summed E-state index contributed by atoms with van der Waals surface area (Å²) in [6.07, 6.45) is 6.42. The van der Waals surface area contributed by atoms with Gasteiger partial charge in [-0.25, -0.2) is 4.79 Å². The van der Waals surface area contributed by atoms with Crippen LogP contribution in [0.3, 0.4) is 0 Å². The number of hydrogen-bond acceptors (Lipinski definition) is 6. The van der Waals surface area contributed by atoms with Gasteiger partial charge in [0.1, 0.15) is 10.8 Å². The molecule has 0 radical (unpaired) electrons. The van der Waals surface area contributed by atoms with Crippen molar-refractivity contribution in [2.45, 2.75) is 49.8 Å². The summed E-state index contributed by atoms with van der Waals surface area (Å²) in [4.78, 5) is 27.2. The van der Waals surface area contributed by atoms with Gasteiger partial charge in [-0.3, -0.25) is 4.79 Å². The highest BCUT2D eigenvalue weighted by Crippen LogP contribution is 2.38. The van der Waals surface area contributed by atoms with Crippen molar-refractivity contribution in [2.24, 2.45) is 0 Å². The number of methoxy groups -OCH3 is 2. The molecule has 0 spiro atoms. The second-order valence-electron chi connectivity index (χ2n) is 6.94. The number of esters is 1. The van der Waals surface area contributed by atoms with Gasteiger partial charge < -0.3 is 14.8 Å². The fraction of sp³-hybridized carbons (Fsp3) is 0.455. The second-order valence-corrected chi connectivity index (χ2v) is 9.21. The number of hydrogen-bond donors (Lipinski definition) is 1. The zero-order valence-corrected chi connectivity index (χ0v) is 18.5. The Morgan fingerprint density at radius 1 is 1.10 bits per heavy atom. The third-order valence-electron chi connectivity index (χ3n) is 4.94. The predicted octanol–water partition coefficient (Wildman–Crippen LogP) is 5.32. The minimum absolute atomic E-state index is 0.0538. The van der Waals surface area contributed by atoms with E-state index < -0.39 is 0 Å². The monoisotopic (exact) mass is 433 g/mol. The van der Waals surface area contributed by atoms with Crippen molar-refractivity contribution in [1.29, 1.82) is 0 Å². The molecule has 1 aliphatic carbocycles. The number of anilines is 1. The van der Waals surface area contributed by atoms with Gasteiger partial charge >= 0.3 is 5.97 Å². The first-order valence-electron chi connectivity index (χ1n) is 9.92. The molecule has 5 nitrogen and oxygen atoms in total. The van der Waals surface area contributed by atoms with Crippen molar-refractivity contribution >= 4 is 40.0 Å². The number of benzene rings is 1. The van der Waals surface area contributed by atoms with Gasteiger partial charge in [0.05, 0.1) is 19.8 Å². The van der Waals surface area contributed by atoms with Crippen LogP contribution < -0.4 is 10.1 Å². The largest absolute Gasteiger partial charge is 0.497 e. The van der Waals surface area contributed by atoms with Gasteiger partial charge in [-0.05, 0) is 67.7 Å². The Morgan fingerprint density at radius 2 is 1.86 bits per heavy atom. The van der Waals surface area contributed by atoms with Crippen LogP contribution in [0.25, 0.3) is 0 Å². The van der Waals surface area contributed by atoms with Gasteiger partial charge in [-0.1, -0.05) is 6.42 Å². The summed E-state index contributed by atoms with van der Waals surface area (Å²) in [5.41, 5.74) is 1.64. The molecule has 0 atom stereocenters. The number of thioether (sulfide) groups is 1. The highest BCUT2D eigenvalue weighted by molar-refractivity contribution is 7.99. The summed E-state index contributed by atoms with van der Waals surface area (Å²) in [5, 5.41) is 3.62. The lowest BCUT2D eigenvalue weighted by atomic mass is 10.1. The summed E-state index contributed by atoms with van der Waals surface area (Å²) >= 11 is 3.25. The number of fused-ring (bicyclic) bond motifs is 1. The van der Waals surface area contributed by atoms with Crippen LogP contribution >= 0.6 is 23.1 Å². The molecule has 0 fully saturated rings. The predicted molar refractivity (Wildman–Crippen MR) is 118 cm³/mol. The first-order chi connectivity index (χ1) is 14.1. The molecule has 1 aromatic carbocycles. The maximum absolute atomic E-state index is 12.5. The Hall–Kier alpha value is -1.99. The van der Waals surface area contributed by atoms with Crippen molar-refractivity contribution in [3.63, 3.8) is 0 Å². The number of carbonyl (C=O) groups excluding carboxylic acids is 2. The van der Waals surface area contributed by atoms with Gasteiger partial charge in [0, 0.05) is 16.2 Å². The van der Waals surface area contributed by atoms with Crippen molar-refractivity contribution in [3.8, 4) is 5.75 Å². The normalized spacial score (nSPS) is 13.3. The molecule has 0 saturated carbocycles. The third-order valence-corrected chi connectivity index (χ3v) is 7.25. The SMILES string of the molecule is COC(=O)c1c(NC(=O)CCCSc2ccc(OC)cc2)sc2c1CCCCC2. The molecule has 3 rings (SSSR count). The van der Waals surface area contributed by atoms with E-state index >= 15 is 0 Å². The molecule has 0 bridgehead atoms. The number of nitrogens with one attached hydrogen (secondary N) is 1. The van der Waals surface area contributed by atoms with Crippen LogP contribution in [0.1, 0.15) is 52.9 Å². The molecule has 0 aliphatic heterocycles. The van der Waals surface area contributed by atoms with Gasteiger partial charge in [-0.15, -0.1) is 23.1 Å². The number of thiophene rings is 1. The van der Waals surface area contributed by atoms with Gasteiger partial charge in [0.15, 0.2) is 0 Å². The van der Waals surface area contributed by atoms with Crippen LogP contribution in [-0.2, 0) is 22.4 Å². The molecule has 29 heavy (non-hydrogen) atoms. The lowest BCUT2D eigenvalue weighted by Gasteiger charge is -2.08. The van der Waals surface area contributed by atoms with Crippen molar-refractivity contribution in [2.75, 3.05) is 25.3 Å². The highest BCUT2D eigenvalue weighted by Gasteiger charge is 2.26. The molecule has 1 N–H and O–H groups in total. The quantitative estimate of drug-likeness (QED) is 0.264. The molecule has 156 valence electrons. The van der Waals surface area contributed by atoms with E-state index in [9.17, 15) is 9.59 Å². The molecule has 1 heterocycles. The maximum Gasteiger partial charge on any atom is 0.341 e.